The van der Waals surface area contributed by atoms with Crippen LogP contribution >= 0.6 is 27.5 Å². The van der Waals surface area contributed by atoms with Gasteiger partial charge in [-0.3, -0.25) is 9.20 Å². The molecule has 0 bridgehead atoms. The minimum Gasteiger partial charge on any atom is -0.465 e. The van der Waals surface area contributed by atoms with Crippen molar-refractivity contribution in [2.24, 2.45) is 0 Å². The topological polar surface area (TPSA) is 55.6 Å². The van der Waals surface area contributed by atoms with Gasteiger partial charge in [-0.25, -0.2) is 4.98 Å². The molecule has 2 aromatic heterocycles. The van der Waals surface area contributed by atoms with Crippen molar-refractivity contribution in [1.29, 1.82) is 0 Å². The quantitative estimate of drug-likeness (QED) is 0.636. The molecular formula is C17H15BrClN3O2. The smallest absolute Gasteiger partial charge is 0.325 e. The fourth-order valence-electron chi connectivity index (χ4n) is 2.40. The molecule has 1 aromatic carbocycles. The molecule has 3 aromatic rings. The average Bonchev–Trinajstić information content (AvgIpc) is 2.91. The van der Waals surface area contributed by atoms with Crippen LogP contribution in [-0.2, 0) is 9.53 Å². The first-order chi connectivity index (χ1) is 11.6. The van der Waals surface area contributed by atoms with E-state index in [9.17, 15) is 4.79 Å². The summed E-state index contributed by atoms with van der Waals surface area (Å²) < 4.78 is 7.76. The van der Waals surface area contributed by atoms with E-state index in [1.165, 1.54) is 0 Å². The first-order valence-electron chi connectivity index (χ1n) is 7.42. The Morgan fingerprint density at radius 1 is 1.33 bits per heavy atom. The molecule has 0 radical (unpaired) electrons. The summed E-state index contributed by atoms with van der Waals surface area (Å²) in [6.07, 6.45) is 1.89. The normalized spacial score (nSPS) is 10.8. The number of carbonyl (C=O) groups excluding carboxylic acids is 1. The number of hydrogen-bond acceptors (Lipinski definition) is 4. The van der Waals surface area contributed by atoms with E-state index in [0.29, 0.717) is 23.1 Å². The number of aromatic nitrogens is 2. The Morgan fingerprint density at radius 2 is 2.12 bits per heavy atom. The number of nitrogens with zero attached hydrogens (tertiary/aromatic N) is 2. The van der Waals surface area contributed by atoms with Crippen molar-refractivity contribution in [3.05, 3.63) is 52.1 Å². The first-order valence-corrected chi connectivity index (χ1v) is 8.59. The summed E-state index contributed by atoms with van der Waals surface area (Å²) in [6.45, 7) is 2.17. The van der Waals surface area contributed by atoms with E-state index in [0.717, 1.165) is 15.7 Å². The molecule has 0 saturated carbocycles. The van der Waals surface area contributed by atoms with Gasteiger partial charge in [0.25, 0.3) is 0 Å². The Morgan fingerprint density at radius 3 is 2.88 bits per heavy atom. The summed E-state index contributed by atoms with van der Waals surface area (Å²) in [5.74, 6) is 0.361. The van der Waals surface area contributed by atoms with Gasteiger partial charge >= 0.3 is 5.97 Å². The van der Waals surface area contributed by atoms with E-state index >= 15 is 0 Å². The van der Waals surface area contributed by atoms with Gasteiger partial charge in [-0.1, -0.05) is 29.8 Å². The molecule has 5 nitrogen and oxygen atoms in total. The number of imidazole rings is 1. The molecule has 0 amide bonds. The number of ether oxygens (including phenoxy) is 1. The number of fused-ring (bicyclic) bond motifs is 1. The molecule has 1 N–H and O–H groups in total. The Kier molecular flexibility index (Phi) is 5.06. The summed E-state index contributed by atoms with van der Waals surface area (Å²) in [6, 6.07) is 11.3. The maximum atomic E-state index is 11.7. The van der Waals surface area contributed by atoms with Gasteiger partial charge in [0.2, 0.25) is 0 Å². The molecule has 0 aliphatic rings. The van der Waals surface area contributed by atoms with Gasteiger partial charge in [-0.15, -0.1) is 0 Å². The molecule has 0 unspecified atom stereocenters. The molecule has 7 heteroatoms. The Hall–Kier alpha value is -2.05. The molecule has 2 heterocycles. The highest BCUT2D eigenvalue weighted by molar-refractivity contribution is 9.10. The van der Waals surface area contributed by atoms with E-state index in [1.807, 2.05) is 47.0 Å². The third-order valence-corrected chi connectivity index (χ3v) is 4.22. The molecule has 0 spiro atoms. The van der Waals surface area contributed by atoms with E-state index in [4.69, 9.17) is 16.3 Å². The van der Waals surface area contributed by atoms with E-state index < -0.39 is 0 Å². The lowest BCUT2D eigenvalue weighted by atomic mass is 10.1. The summed E-state index contributed by atoms with van der Waals surface area (Å²) in [5.41, 5.74) is 2.23. The molecule has 124 valence electrons. The molecule has 0 atom stereocenters. The summed E-state index contributed by atoms with van der Waals surface area (Å²) in [4.78, 5) is 16.4. The zero-order valence-corrected chi connectivity index (χ0v) is 15.3. The van der Waals surface area contributed by atoms with Crippen LogP contribution in [0.5, 0.6) is 0 Å². The van der Waals surface area contributed by atoms with Gasteiger partial charge in [-0.05, 0) is 41.1 Å². The molecule has 0 aliphatic carbocycles. The largest absolute Gasteiger partial charge is 0.465 e. The van der Waals surface area contributed by atoms with Crippen molar-refractivity contribution in [2.45, 2.75) is 6.92 Å². The molecule has 0 fully saturated rings. The van der Waals surface area contributed by atoms with Gasteiger partial charge in [0, 0.05) is 16.2 Å². The zero-order chi connectivity index (χ0) is 17.1. The van der Waals surface area contributed by atoms with Crippen molar-refractivity contribution < 1.29 is 9.53 Å². The van der Waals surface area contributed by atoms with Gasteiger partial charge in [0.05, 0.1) is 11.6 Å². The maximum Gasteiger partial charge on any atom is 0.325 e. The third kappa shape index (κ3) is 3.39. The number of hydrogen-bond donors (Lipinski definition) is 1. The molecule has 24 heavy (non-hydrogen) atoms. The monoisotopic (exact) mass is 407 g/mol. The number of rotatable bonds is 5. The van der Waals surface area contributed by atoms with Crippen molar-refractivity contribution >= 4 is 45.0 Å². The lowest BCUT2D eigenvalue weighted by Gasteiger charge is -2.09. The summed E-state index contributed by atoms with van der Waals surface area (Å²) in [5, 5.41) is 3.72. The van der Waals surface area contributed by atoms with Crippen molar-refractivity contribution in [3.8, 4) is 11.3 Å². The van der Waals surface area contributed by atoms with Crippen LogP contribution in [0, 0.1) is 0 Å². The number of anilines is 1. The van der Waals surface area contributed by atoms with Gasteiger partial charge in [0.1, 0.15) is 23.7 Å². The minimum absolute atomic E-state index is 0.0472. The summed E-state index contributed by atoms with van der Waals surface area (Å²) >= 11 is 9.78. The fourth-order valence-corrected chi connectivity index (χ4v) is 2.96. The zero-order valence-electron chi connectivity index (χ0n) is 12.9. The summed E-state index contributed by atoms with van der Waals surface area (Å²) in [7, 11) is 0. The first kappa shape index (κ1) is 16.8. The number of benzene rings is 1. The van der Waals surface area contributed by atoms with Crippen LogP contribution in [0.3, 0.4) is 0 Å². The minimum atomic E-state index is -0.326. The molecule has 3 rings (SSSR count). The van der Waals surface area contributed by atoms with Crippen LogP contribution in [0.25, 0.3) is 16.9 Å². The SMILES string of the molecule is CCOC(=O)CNc1c(-c2ccccc2Cl)nc2ccc(Br)cn12. The fraction of sp³-hybridized carbons (Fsp3) is 0.176. The van der Waals surface area contributed by atoms with Crippen molar-refractivity contribution in [3.63, 3.8) is 0 Å². The lowest BCUT2D eigenvalue weighted by molar-refractivity contribution is -0.140. The highest BCUT2D eigenvalue weighted by Gasteiger charge is 2.17. The van der Waals surface area contributed by atoms with E-state index in [-0.39, 0.29) is 12.5 Å². The van der Waals surface area contributed by atoms with Gasteiger partial charge in [-0.2, -0.15) is 0 Å². The Balaban J connectivity index is 2.09. The number of pyridine rings is 1. The van der Waals surface area contributed by atoms with Gasteiger partial charge in [0.15, 0.2) is 0 Å². The van der Waals surface area contributed by atoms with E-state index in [2.05, 4.69) is 26.2 Å². The van der Waals surface area contributed by atoms with Crippen LogP contribution in [0.4, 0.5) is 5.82 Å². The highest BCUT2D eigenvalue weighted by Crippen LogP contribution is 2.34. The number of carbonyl (C=O) groups is 1. The van der Waals surface area contributed by atoms with E-state index in [1.54, 1.807) is 6.92 Å². The van der Waals surface area contributed by atoms with Crippen LogP contribution in [0.2, 0.25) is 5.02 Å². The average molecular weight is 409 g/mol. The highest BCUT2D eigenvalue weighted by atomic mass is 79.9. The Labute approximate surface area is 152 Å². The predicted molar refractivity (Wildman–Crippen MR) is 98.5 cm³/mol. The number of nitrogens with one attached hydrogen (secondary N) is 1. The van der Waals surface area contributed by atoms with Gasteiger partial charge < -0.3 is 10.1 Å². The van der Waals surface area contributed by atoms with Crippen molar-refractivity contribution in [2.75, 3.05) is 18.5 Å². The Bertz CT molecular complexity index is 895. The third-order valence-electron chi connectivity index (χ3n) is 3.42. The van der Waals surface area contributed by atoms with Crippen LogP contribution in [0.1, 0.15) is 6.92 Å². The maximum absolute atomic E-state index is 11.7. The van der Waals surface area contributed by atoms with Crippen LogP contribution in [-0.4, -0.2) is 28.5 Å². The second-order valence-corrected chi connectivity index (χ2v) is 6.35. The molecule has 0 aliphatic heterocycles. The predicted octanol–water partition coefficient (Wildman–Crippen LogP) is 4.39. The lowest BCUT2D eigenvalue weighted by Crippen LogP contribution is -2.17. The van der Waals surface area contributed by atoms with Crippen LogP contribution < -0.4 is 5.32 Å². The molecular weight excluding hydrogens is 394 g/mol. The van der Waals surface area contributed by atoms with Crippen LogP contribution in [0.15, 0.2) is 47.1 Å². The standard InChI is InChI=1S/C17H15BrClN3O2/c1-2-24-15(23)9-20-17-16(12-5-3-4-6-13(12)19)21-14-8-7-11(18)10-22(14)17/h3-8,10,20H,2,9H2,1H3. The number of esters is 1. The second kappa shape index (κ2) is 7.23. The van der Waals surface area contributed by atoms with Crippen molar-refractivity contribution in [1.82, 2.24) is 9.38 Å². The number of halogens is 2. The molecule has 0 saturated heterocycles. The second-order valence-electron chi connectivity index (χ2n) is 5.02.